The number of nitrogens with one attached hydrogen (secondary N) is 2. The van der Waals surface area contributed by atoms with E-state index in [9.17, 15) is 22.4 Å². The fraction of sp³-hybridized carbons (Fsp3) is 0.318. The van der Waals surface area contributed by atoms with Crippen LogP contribution in [0.4, 0.5) is 20.2 Å². The predicted molar refractivity (Wildman–Crippen MR) is 120 cm³/mol. The van der Waals surface area contributed by atoms with Crippen molar-refractivity contribution in [2.75, 3.05) is 28.5 Å². The first-order valence-electron chi connectivity index (χ1n) is 10.5. The average Bonchev–Trinajstić information content (AvgIpc) is 3.19. The first-order valence-corrected chi connectivity index (χ1v) is 12.1. The highest BCUT2D eigenvalue weighted by Crippen LogP contribution is 2.29. The number of hydrogen-bond acceptors (Lipinski definition) is 6. The molecular formula is C22H22F2N4O4S. The van der Waals surface area contributed by atoms with Crippen LogP contribution in [0.3, 0.4) is 0 Å². The predicted octanol–water partition coefficient (Wildman–Crippen LogP) is 3.39. The zero-order valence-corrected chi connectivity index (χ0v) is 18.6. The van der Waals surface area contributed by atoms with E-state index in [-0.39, 0.29) is 17.1 Å². The van der Waals surface area contributed by atoms with E-state index in [1.165, 1.54) is 6.20 Å². The maximum Gasteiger partial charge on any atom is 0.232 e. The summed E-state index contributed by atoms with van der Waals surface area (Å²) in [6.07, 6.45) is 4.05. The Labute approximate surface area is 189 Å². The van der Waals surface area contributed by atoms with Crippen molar-refractivity contribution >= 4 is 44.0 Å². The molecular weight excluding hydrogens is 454 g/mol. The molecule has 0 amide bonds. The number of nitrogens with zero attached hydrogens (tertiary/aromatic N) is 2. The number of aromatic nitrogens is 2. The number of rotatable bonds is 7. The first-order chi connectivity index (χ1) is 15.7. The lowest BCUT2D eigenvalue weighted by molar-refractivity contribution is -0.119. The van der Waals surface area contributed by atoms with Crippen molar-refractivity contribution in [1.29, 1.82) is 0 Å². The SMILES string of the molecule is CCCS(=O)(=O)Nc1ccc(F)c(C(=O)c2c[nH]c3ncc(N4CCC(=O)CC4)cc23)c1F. The molecule has 0 aliphatic carbocycles. The van der Waals surface area contributed by atoms with Crippen LogP contribution >= 0.6 is 0 Å². The van der Waals surface area contributed by atoms with Crippen LogP contribution in [0.15, 0.2) is 30.6 Å². The smallest absolute Gasteiger partial charge is 0.232 e. The Kier molecular flexibility index (Phi) is 6.15. The third-order valence-corrected chi connectivity index (χ3v) is 6.98. The molecule has 1 aliphatic rings. The fourth-order valence-electron chi connectivity index (χ4n) is 3.83. The molecule has 3 aromatic rings. The van der Waals surface area contributed by atoms with E-state index in [1.807, 2.05) is 4.90 Å². The van der Waals surface area contributed by atoms with Crippen LogP contribution in [0.5, 0.6) is 0 Å². The van der Waals surface area contributed by atoms with Crippen LogP contribution in [0, 0.1) is 11.6 Å². The zero-order valence-electron chi connectivity index (χ0n) is 17.8. The molecule has 0 spiro atoms. The Morgan fingerprint density at radius 2 is 1.97 bits per heavy atom. The van der Waals surface area contributed by atoms with Gasteiger partial charge >= 0.3 is 0 Å². The van der Waals surface area contributed by atoms with Gasteiger partial charge in [0.25, 0.3) is 0 Å². The van der Waals surface area contributed by atoms with Gasteiger partial charge in [-0.1, -0.05) is 6.92 Å². The van der Waals surface area contributed by atoms with Gasteiger partial charge in [-0.15, -0.1) is 0 Å². The molecule has 1 aromatic carbocycles. The van der Waals surface area contributed by atoms with Gasteiger partial charge in [0.05, 0.1) is 28.9 Å². The average molecular weight is 477 g/mol. The number of piperidine rings is 1. The summed E-state index contributed by atoms with van der Waals surface area (Å²) in [6, 6.07) is 3.48. The molecule has 1 fully saturated rings. The number of carbonyl (C=O) groups is 2. The maximum atomic E-state index is 15.1. The Hall–Kier alpha value is -3.34. The van der Waals surface area contributed by atoms with Gasteiger partial charge in [0, 0.05) is 43.1 Å². The van der Waals surface area contributed by atoms with E-state index >= 15 is 4.39 Å². The number of sulfonamides is 1. The molecule has 0 atom stereocenters. The van der Waals surface area contributed by atoms with Crippen molar-refractivity contribution in [3.05, 3.63) is 53.4 Å². The van der Waals surface area contributed by atoms with Crippen molar-refractivity contribution in [2.45, 2.75) is 26.2 Å². The molecule has 4 rings (SSSR count). The number of carbonyl (C=O) groups excluding carboxylic acids is 2. The standard InChI is InChI=1S/C22H22F2N4O4S/c1-2-9-33(31,32)27-18-4-3-17(23)19(20(18)24)21(30)16-12-26-22-15(16)10-13(11-25-22)28-7-5-14(29)6-8-28/h3-4,10-12,27H,2,5-9H2,1H3,(H,25,26). The normalized spacial score (nSPS) is 14.6. The van der Waals surface area contributed by atoms with E-state index in [2.05, 4.69) is 14.7 Å². The monoisotopic (exact) mass is 476 g/mol. The highest BCUT2D eigenvalue weighted by molar-refractivity contribution is 7.92. The van der Waals surface area contributed by atoms with Crippen molar-refractivity contribution in [3.8, 4) is 0 Å². The van der Waals surface area contributed by atoms with Crippen LogP contribution in [-0.2, 0) is 14.8 Å². The molecule has 174 valence electrons. The minimum absolute atomic E-state index is 0.00111. The molecule has 0 unspecified atom stereocenters. The molecule has 8 nitrogen and oxygen atoms in total. The number of aromatic amines is 1. The van der Waals surface area contributed by atoms with Crippen molar-refractivity contribution in [2.24, 2.45) is 0 Å². The molecule has 0 saturated carbocycles. The second-order valence-corrected chi connectivity index (χ2v) is 9.69. The van der Waals surface area contributed by atoms with E-state index in [4.69, 9.17) is 0 Å². The molecule has 1 saturated heterocycles. The number of pyridine rings is 1. The van der Waals surface area contributed by atoms with Gasteiger partial charge < -0.3 is 9.88 Å². The summed E-state index contributed by atoms with van der Waals surface area (Å²) in [7, 11) is -3.84. The second kappa shape index (κ2) is 8.89. The van der Waals surface area contributed by atoms with Crippen LogP contribution in [0.25, 0.3) is 11.0 Å². The van der Waals surface area contributed by atoms with Crippen molar-refractivity contribution in [3.63, 3.8) is 0 Å². The van der Waals surface area contributed by atoms with Gasteiger partial charge in [0.2, 0.25) is 15.8 Å². The number of hydrogen-bond donors (Lipinski definition) is 2. The summed E-state index contributed by atoms with van der Waals surface area (Å²) in [6.45, 7) is 2.68. The zero-order chi connectivity index (χ0) is 23.8. The quantitative estimate of drug-likeness (QED) is 0.506. The van der Waals surface area contributed by atoms with Gasteiger partial charge in [0.15, 0.2) is 5.82 Å². The third-order valence-electron chi connectivity index (χ3n) is 5.50. The number of ketones is 2. The molecule has 2 N–H and O–H groups in total. The van der Waals surface area contributed by atoms with Gasteiger partial charge in [0.1, 0.15) is 17.2 Å². The molecule has 11 heteroatoms. The van der Waals surface area contributed by atoms with Gasteiger partial charge in [-0.25, -0.2) is 22.2 Å². The first kappa shape index (κ1) is 22.8. The van der Waals surface area contributed by atoms with Crippen LogP contribution < -0.4 is 9.62 Å². The summed E-state index contributed by atoms with van der Waals surface area (Å²) in [5.74, 6) is -3.40. The van der Waals surface area contributed by atoms with Gasteiger partial charge in [-0.2, -0.15) is 0 Å². The Morgan fingerprint density at radius 3 is 2.67 bits per heavy atom. The minimum atomic E-state index is -3.84. The number of benzene rings is 1. The van der Waals surface area contributed by atoms with Crippen molar-refractivity contribution in [1.82, 2.24) is 9.97 Å². The Morgan fingerprint density at radius 1 is 1.24 bits per heavy atom. The van der Waals surface area contributed by atoms with Crippen molar-refractivity contribution < 1.29 is 26.8 Å². The van der Waals surface area contributed by atoms with E-state index in [1.54, 1.807) is 19.2 Å². The Bertz CT molecular complexity index is 1340. The van der Waals surface area contributed by atoms with Crippen LogP contribution in [-0.4, -0.2) is 48.8 Å². The lowest BCUT2D eigenvalue weighted by Gasteiger charge is -2.27. The summed E-state index contributed by atoms with van der Waals surface area (Å²) < 4.78 is 55.8. The number of fused-ring (bicyclic) bond motifs is 1. The van der Waals surface area contributed by atoms with Gasteiger partial charge in [-0.3, -0.25) is 14.3 Å². The van der Waals surface area contributed by atoms with Gasteiger partial charge in [-0.05, 0) is 24.6 Å². The lowest BCUT2D eigenvalue weighted by Crippen LogP contribution is -2.33. The number of anilines is 2. The summed E-state index contributed by atoms with van der Waals surface area (Å²) in [4.78, 5) is 33.8. The van der Waals surface area contributed by atoms with E-state index < -0.39 is 38.7 Å². The van der Waals surface area contributed by atoms with E-state index in [0.717, 1.165) is 12.1 Å². The lowest BCUT2D eigenvalue weighted by atomic mass is 10.0. The topological polar surface area (TPSA) is 112 Å². The van der Waals surface area contributed by atoms with Crippen LogP contribution in [0.1, 0.15) is 42.1 Å². The molecule has 2 aromatic heterocycles. The van der Waals surface area contributed by atoms with Crippen LogP contribution in [0.2, 0.25) is 0 Å². The number of H-pyrrole nitrogens is 1. The Balaban J connectivity index is 1.72. The molecule has 33 heavy (non-hydrogen) atoms. The summed E-state index contributed by atoms with van der Waals surface area (Å²) in [5.41, 5.74) is -0.313. The fourth-order valence-corrected chi connectivity index (χ4v) is 4.96. The highest BCUT2D eigenvalue weighted by atomic mass is 32.2. The molecule has 0 bridgehead atoms. The maximum absolute atomic E-state index is 15.1. The highest BCUT2D eigenvalue weighted by Gasteiger charge is 2.26. The number of Topliss-reactive ketones (excluding diaryl/α,β-unsaturated/α-hetero) is 1. The molecule has 3 heterocycles. The third kappa shape index (κ3) is 4.58. The molecule has 1 aliphatic heterocycles. The second-order valence-electron chi connectivity index (χ2n) is 7.85. The number of halogens is 2. The summed E-state index contributed by atoms with van der Waals surface area (Å²) >= 11 is 0. The summed E-state index contributed by atoms with van der Waals surface area (Å²) in [5, 5.41) is 0.366. The molecule has 0 radical (unpaired) electrons. The minimum Gasteiger partial charge on any atom is -0.369 e. The van der Waals surface area contributed by atoms with E-state index in [0.29, 0.717) is 49.1 Å². The largest absolute Gasteiger partial charge is 0.369 e.